The highest BCUT2D eigenvalue weighted by molar-refractivity contribution is 6.99. The molecule has 0 bridgehead atoms. The van der Waals surface area contributed by atoms with Gasteiger partial charge in [0.2, 0.25) is 11.8 Å². The molecular formula is C44H57ClN6O6Si. The van der Waals surface area contributed by atoms with Crippen LogP contribution in [-0.2, 0) is 25.2 Å². The maximum atomic E-state index is 13.7. The average molecular weight is 830 g/mol. The minimum atomic E-state index is -2.90. The van der Waals surface area contributed by atoms with Crippen LogP contribution in [0.3, 0.4) is 0 Å². The van der Waals surface area contributed by atoms with Crippen LogP contribution in [0, 0.1) is 5.92 Å². The van der Waals surface area contributed by atoms with E-state index in [9.17, 15) is 9.59 Å². The van der Waals surface area contributed by atoms with E-state index < -0.39 is 13.9 Å². The number of halogens is 1. The number of piperidine rings is 1. The maximum Gasteiger partial charge on any atom is 0.410 e. The number of hydrogen-bond donors (Lipinski definition) is 0. The van der Waals surface area contributed by atoms with Crippen LogP contribution in [-0.4, -0.2) is 103 Å². The SMILES string of the molecule is COC(=O)CC1CCN(Cc2cc(Cl)nc(Oc3cnc(N4CCN(C(=O)OC(C)(C)C)C(CO[Si](c5ccccc5)(c5ccccc5)C(C)(C)C)C4)nc3)c2)CC1. The molecule has 310 valence electrons. The Labute approximate surface area is 349 Å². The summed E-state index contributed by atoms with van der Waals surface area (Å²) in [7, 11) is -1.46. The predicted molar refractivity (Wildman–Crippen MR) is 229 cm³/mol. The summed E-state index contributed by atoms with van der Waals surface area (Å²) in [5, 5.41) is 2.44. The van der Waals surface area contributed by atoms with Crippen molar-refractivity contribution in [1.29, 1.82) is 0 Å². The van der Waals surface area contributed by atoms with Crippen LogP contribution < -0.4 is 20.0 Å². The molecule has 2 saturated heterocycles. The van der Waals surface area contributed by atoms with Gasteiger partial charge in [0.05, 0.1) is 32.2 Å². The van der Waals surface area contributed by atoms with Gasteiger partial charge in [0, 0.05) is 38.7 Å². The number of rotatable bonds is 12. The first-order valence-corrected chi connectivity index (χ1v) is 22.4. The lowest BCUT2D eigenvalue weighted by Gasteiger charge is -2.46. The van der Waals surface area contributed by atoms with Crippen molar-refractivity contribution in [3.63, 3.8) is 0 Å². The molecule has 14 heteroatoms. The smallest absolute Gasteiger partial charge is 0.410 e. The third kappa shape index (κ3) is 10.7. The second-order valence-electron chi connectivity index (χ2n) is 17.2. The molecule has 2 aromatic carbocycles. The number of esters is 1. The summed E-state index contributed by atoms with van der Waals surface area (Å²) in [6.45, 7) is 16.5. The molecule has 0 N–H and O–H groups in total. The van der Waals surface area contributed by atoms with E-state index in [-0.39, 0.29) is 23.1 Å². The number of carbonyl (C=O) groups excluding carboxylic acids is 2. The minimum absolute atomic E-state index is 0.153. The van der Waals surface area contributed by atoms with Crippen LogP contribution >= 0.6 is 11.6 Å². The Morgan fingerprint density at radius 1 is 0.862 bits per heavy atom. The van der Waals surface area contributed by atoms with Gasteiger partial charge in [0.15, 0.2) is 5.75 Å². The lowest BCUT2D eigenvalue weighted by molar-refractivity contribution is -0.142. The number of carbonyl (C=O) groups is 2. The van der Waals surface area contributed by atoms with Crippen molar-refractivity contribution in [2.45, 2.75) is 84.0 Å². The van der Waals surface area contributed by atoms with Crippen molar-refractivity contribution in [3.8, 4) is 11.6 Å². The number of ether oxygens (including phenoxy) is 3. The second kappa shape index (κ2) is 18.6. The quantitative estimate of drug-likeness (QED) is 0.0827. The number of amides is 1. The summed E-state index contributed by atoms with van der Waals surface area (Å²) >= 11 is 6.44. The first-order chi connectivity index (χ1) is 27.6. The van der Waals surface area contributed by atoms with E-state index in [1.165, 1.54) is 17.5 Å². The number of benzene rings is 2. The van der Waals surface area contributed by atoms with Crippen LogP contribution in [0.4, 0.5) is 10.7 Å². The molecule has 12 nitrogen and oxygen atoms in total. The summed E-state index contributed by atoms with van der Waals surface area (Å²) in [4.78, 5) is 45.5. The summed E-state index contributed by atoms with van der Waals surface area (Å²) < 4.78 is 24.2. The standard InChI is InChI=1S/C44H57ClN6O6Si/c1-43(2,3)57-42(53)51-23-22-50(30-34(51)31-55-58(44(4,5)6,36-14-10-8-11-15-36)37-16-12-9-13-17-37)41-46-27-35(28-47-41)56-39-25-33(24-38(45)48-39)29-49-20-18-32(19-21-49)26-40(52)54-7/h8-17,24-25,27-28,32,34H,18-23,26,29-31H2,1-7H3. The number of likely N-dealkylation sites (tertiary alicyclic amines) is 1. The van der Waals surface area contributed by atoms with Gasteiger partial charge in [-0.3, -0.25) is 14.6 Å². The molecule has 1 amide bonds. The number of aromatic nitrogens is 3. The molecule has 6 rings (SSSR count). The molecule has 4 heterocycles. The van der Waals surface area contributed by atoms with Crippen LogP contribution in [0.5, 0.6) is 11.6 Å². The number of nitrogens with zero attached hydrogens (tertiary/aromatic N) is 6. The average Bonchev–Trinajstić information content (AvgIpc) is 3.18. The summed E-state index contributed by atoms with van der Waals surface area (Å²) in [6.07, 6.45) is 5.22. The molecule has 0 radical (unpaired) electrons. The van der Waals surface area contributed by atoms with Crippen LogP contribution in [0.1, 0.15) is 66.4 Å². The molecule has 0 saturated carbocycles. The van der Waals surface area contributed by atoms with Gasteiger partial charge in [-0.25, -0.2) is 19.7 Å². The topological polar surface area (TPSA) is 119 Å². The van der Waals surface area contributed by atoms with E-state index in [1.54, 1.807) is 17.3 Å². The van der Waals surface area contributed by atoms with Gasteiger partial charge in [-0.2, -0.15) is 0 Å². The lowest BCUT2D eigenvalue weighted by atomic mass is 9.93. The van der Waals surface area contributed by atoms with Gasteiger partial charge in [0.25, 0.3) is 8.32 Å². The van der Waals surface area contributed by atoms with Gasteiger partial charge in [0.1, 0.15) is 10.8 Å². The van der Waals surface area contributed by atoms with E-state index in [0.717, 1.165) is 31.5 Å². The van der Waals surface area contributed by atoms with Crippen LogP contribution in [0.25, 0.3) is 0 Å². The molecule has 58 heavy (non-hydrogen) atoms. The fourth-order valence-electron chi connectivity index (χ4n) is 7.96. The van der Waals surface area contributed by atoms with E-state index in [1.807, 2.05) is 45.0 Å². The summed E-state index contributed by atoms with van der Waals surface area (Å²) in [5.41, 5.74) is 0.326. The van der Waals surface area contributed by atoms with Crippen molar-refractivity contribution in [2.24, 2.45) is 5.92 Å². The fourth-order valence-corrected chi connectivity index (χ4v) is 12.8. The predicted octanol–water partition coefficient (Wildman–Crippen LogP) is 7.09. The Hall–Kier alpha value is -4.56. The summed E-state index contributed by atoms with van der Waals surface area (Å²) in [5.74, 6) is 1.48. The van der Waals surface area contributed by atoms with Crippen molar-refractivity contribution in [1.82, 2.24) is 24.8 Å². The van der Waals surface area contributed by atoms with Crippen molar-refractivity contribution < 1.29 is 28.2 Å². The first-order valence-electron chi connectivity index (χ1n) is 20.1. The van der Waals surface area contributed by atoms with Gasteiger partial charge in [-0.15, -0.1) is 0 Å². The van der Waals surface area contributed by atoms with Crippen LogP contribution in [0.15, 0.2) is 85.2 Å². The van der Waals surface area contributed by atoms with Crippen molar-refractivity contribution in [3.05, 3.63) is 95.9 Å². The molecule has 2 aromatic heterocycles. The van der Waals surface area contributed by atoms with E-state index in [2.05, 4.69) is 84.1 Å². The number of methoxy groups -OCH3 is 1. The van der Waals surface area contributed by atoms with Gasteiger partial charge in [-0.05, 0) is 79.7 Å². The Kier molecular flexibility index (Phi) is 13.8. The second-order valence-corrected chi connectivity index (χ2v) is 21.9. The highest BCUT2D eigenvalue weighted by atomic mass is 35.5. The third-order valence-corrected chi connectivity index (χ3v) is 16.0. The van der Waals surface area contributed by atoms with E-state index >= 15 is 0 Å². The molecule has 0 spiro atoms. The molecular weight excluding hydrogens is 772 g/mol. The monoisotopic (exact) mass is 828 g/mol. The molecule has 1 atom stereocenters. The maximum absolute atomic E-state index is 13.7. The lowest BCUT2D eigenvalue weighted by Crippen LogP contribution is -2.68. The molecule has 2 fully saturated rings. The zero-order valence-electron chi connectivity index (χ0n) is 34.8. The van der Waals surface area contributed by atoms with E-state index in [0.29, 0.717) is 67.9 Å². The Bertz CT molecular complexity index is 1930. The number of anilines is 1. The number of hydrogen-bond acceptors (Lipinski definition) is 11. The Morgan fingerprint density at radius 3 is 2.05 bits per heavy atom. The normalized spacial score (nSPS) is 17.2. The first kappa shape index (κ1) is 43.0. The molecule has 4 aromatic rings. The van der Waals surface area contributed by atoms with Gasteiger partial charge >= 0.3 is 12.1 Å². The number of piperazine rings is 1. The zero-order chi connectivity index (χ0) is 41.5. The fraction of sp³-hybridized carbons (Fsp3) is 0.477. The van der Waals surface area contributed by atoms with Crippen molar-refractivity contribution >= 4 is 48.3 Å². The van der Waals surface area contributed by atoms with Crippen molar-refractivity contribution in [2.75, 3.05) is 51.3 Å². The van der Waals surface area contributed by atoms with Gasteiger partial charge < -0.3 is 23.5 Å². The van der Waals surface area contributed by atoms with Crippen LogP contribution in [0.2, 0.25) is 10.2 Å². The summed E-state index contributed by atoms with van der Waals surface area (Å²) in [6, 6.07) is 24.4. The molecule has 0 aliphatic carbocycles. The molecule has 2 aliphatic rings. The van der Waals surface area contributed by atoms with E-state index in [4.69, 9.17) is 40.2 Å². The highest BCUT2D eigenvalue weighted by Crippen LogP contribution is 2.37. The highest BCUT2D eigenvalue weighted by Gasteiger charge is 2.51. The number of pyridine rings is 1. The van der Waals surface area contributed by atoms with Gasteiger partial charge in [-0.1, -0.05) is 93.0 Å². The largest absolute Gasteiger partial charge is 0.469 e. The molecule has 2 aliphatic heterocycles. The Balaban J connectivity index is 1.17. The minimum Gasteiger partial charge on any atom is -0.469 e. The molecule has 1 unspecified atom stereocenters. The zero-order valence-corrected chi connectivity index (χ0v) is 36.6. The Morgan fingerprint density at radius 2 is 1.48 bits per heavy atom. The third-order valence-electron chi connectivity index (χ3n) is 10.8.